The van der Waals surface area contributed by atoms with Crippen LogP contribution in [0.3, 0.4) is 0 Å². The lowest BCUT2D eigenvalue weighted by Gasteiger charge is -2.13. The molecule has 0 aromatic heterocycles. The average molecular weight is 529 g/mol. The number of carbonyl (C=O) groups is 1. The Bertz CT molecular complexity index is 1200. The molecule has 0 unspecified atom stereocenters. The number of nitrogens with one attached hydrogen (secondary N) is 3. The van der Waals surface area contributed by atoms with E-state index in [1.54, 1.807) is 61.5 Å². The van der Waals surface area contributed by atoms with Crippen LogP contribution in [0.2, 0.25) is 10.0 Å². The summed E-state index contributed by atoms with van der Waals surface area (Å²) in [6, 6.07) is 15.4. The maximum Gasteiger partial charge on any atom is 0.323 e. The first-order valence-corrected chi connectivity index (χ1v) is 11.6. The molecule has 3 aromatic carbocycles. The van der Waals surface area contributed by atoms with Gasteiger partial charge in [0.1, 0.15) is 0 Å². The molecule has 0 bridgehead atoms. The van der Waals surface area contributed by atoms with Gasteiger partial charge in [-0.3, -0.25) is 4.72 Å². The number of halogens is 3. The Kier molecular flexibility index (Phi) is 6.92. The summed E-state index contributed by atoms with van der Waals surface area (Å²) in [5, 5.41) is 6.09. The summed E-state index contributed by atoms with van der Waals surface area (Å²) in [6.07, 6.45) is 0. The minimum absolute atomic E-state index is 0.0388. The molecule has 0 saturated carbocycles. The number of hydrogen-bond acceptors (Lipinski definition) is 3. The minimum Gasteiger partial charge on any atom is -0.308 e. The van der Waals surface area contributed by atoms with Crippen LogP contribution in [0.15, 0.2) is 70.0 Å². The van der Waals surface area contributed by atoms with Gasteiger partial charge < -0.3 is 10.6 Å². The summed E-state index contributed by atoms with van der Waals surface area (Å²) < 4.78 is 28.9. The highest BCUT2D eigenvalue weighted by atomic mass is 79.9. The lowest BCUT2D eigenvalue weighted by molar-refractivity contribution is 0.262. The Balaban J connectivity index is 1.78. The van der Waals surface area contributed by atoms with E-state index in [-0.39, 0.29) is 4.90 Å². The largest absolute Gasteiger partial charge is 0.323 e. The summed E-state index contributed by atoms with van der Waals surface area (Å²) >= 11 is 15.2. The lowest BCUT2D eigenvalue weighted by atomic mass is 10.2. The van der Waals surface area contributed by atoms with Gasteiger partial charge in [-0.15, -0.1) is 0 Å². The third-order valence-corrected chi connectivity index (χ3v) is 6.59. The molecule has 2 amide bonds. The Morgan fingerprint density at radius 3 is 2.23 bits per heavy atom. The van der Waals surface area contributed by atoms with Gasteiger partial charge in [0.25, 0.3) is 10.0 Å². The molecular formula is C20H16BrCl2N3O3S. The molecule has 6 nitrogen and oxygen atoms in total. The SMILES string of the molecule is Cc1ccc(NC(=O)Nc2ccc(Br)cc2Cl)cc1S(=O)(=O)Nc1ccc(Cl)cc1. The quantitative estimate of drug-likeness (QED) is 0.352. The first-order chi connectivity index (χ1) is 14.1. The van der Waals surface area contributed by atoms with Crippen molar-refractivity contribution in [2.75, 3.05) is 15.4 Å². The van der Waals surface area contributed by atoms with Crippen molar-refractivity contribution in [3.63, 3.8) is 0 Å². The Hall–Kier alpha value is -2.26. The van der Waals surface area contributed by atoms with Crippen LogP contribution >= 0.6 is 39.1 Å². The fourth-order valence-corrected chi connectivity index (χ4v) is 4.75. The third-order valence-electron chi connectivity index (χ3n) is 4.01. The summed E-state index contributed by atoms with van der Waals surface area (Å²) in [5.74, 6) is 0. The van der Waals surface area contributed by atoms with Gasteiger partial charge in [-0.1, -0.05) is 45.2 Å². The smallest absolute Gasteiger partial charge is 0.308 e. The number of aryl methyl sites for hydroxylation is 1. The molecule has 0 radical (unpaired) electrons. The van der Waals surface area contributed by atoms with Crippen molar-refractivity contribution in [2.24, 2.45) is 0 Å². The molecule has 3 rings (SSSR count). The molecule has 0 fully saturated rings. The molecule has 156 valence electrons. The van der Waals surface area contributed by atoms with Crippen LogP contribution in [0.4, 0.5) is 21.9 Å². The van der Waals surface area contributed by atoms with E-state index >= 15 is 0 Å². The van der Waals surface area contributed by atoms with Crippen molar-refractivity contribution < 1.29 is 13.2 Å². The van der Waals surface area contributed by atoms with Crippen LogP contribution in [-0.2, 0) is 10.0 Å². The Labute approximate surface area is 192 Å². The maximum atomic E-state index is 12.8. The van der Waals surface area contributed by atoms with E-state index in [9.17, 15) is 13.2 Å². The highest BCUT2D eigenvalue weighted by molar-refractivity contribution is 9.10. The fourth-order valence-electron chi connectivity index (χ4n) is 2.57. The molecule has 0 saturated heterocycles. The predicted molar refractivity (Wildman–Crippen MR) is 125 cm³/mol. The minimum atomic E-state index is -3.88. The van der Waals surface area contributed by atoms with E-state index in [1.807, 2.05) is 0 Å². The van der Waals surface area contributed by atoms with E-state index in [4.69, 9.17) is 23.2 Å². The van der Waals surface area contributed by atoms with Crippen LogP contribution < -0.4 is 15.4 Å². The second-order valence-electron chi connectivity index (χ2n) is 6.30. The van der Waals surface area contributed by atoms with Gasteiger partial charge in [0.15, 0.2) is 0 Å². The second kappa shape index (κ2) is 9.26. The number of urea groups is 1. The van der Waals surface area contributed by atoms with Crippen molar-refractivity contribution in [3.05, 3.63) is 80.7 Å². The molecule has 0 heterocycles. The van der Waals surface area contributed by atoms with E-state index in [0.29, 0.717) is 32.7 Å². The molecule has 3 aromatic rings. The fraction of sp³-hybridized carbons (Fsp3) is 0.0500. The van der Waals surface area contributed by atoms with E-state index in [1.165, 1.54) is 6.07 Å². The topological polar surface area (TPSA) is 87.3 Å². The monoisotopic (exact) mass is 527 g/mol. The number of benzene rings is 3. The van der Waals surface area contributed by atoms with Crippen LogP contribution in [-0.4, -0.2) is 14.4 Å². The zero-order valence-electron chi connectivity index (χ0n) is 15.5. The van der Waals surface area contributed by atoms with Crippen LogP contribution in [0, 0.1) is 6.92 Å². The summed E-state index contributed by atoms with van der Waals surface area (Å²) in [5.41, 5.74) is 1.63. The summed E-state index contributed by atoms with van der Waals surface area (Å²) in [4.78, 5) is 12.4. The zero-order chi connectivity index (χ0) is 21.9. The van der Waals surface area contributed by atoms with Crippen LogP contribution in [0.1, 0.15) is 5.56 Å². The normalized spacial score (nSPS) is 11.1. The second-order valence-corrected chi connectivity index (χ2v) is 9.71. The number of anilines is 3. The zero-order valence-corrected chi connectivity index (χ0v) is 19.5. The van der Waals surface area contributed by atoms with Crippen molar-refractivity contribution in [1.82, 2.24) is 0 Å². The standard InChI is InChI=1S/C20H16BrCl2N3O3S/c1-12-2-6-16(24-20(27)25-18-9-3-13(21)10-17(18)23)11-19(12)30(28,29)26-15-7-4-14(22)5-8-15/h2-11,26H,1H3,(H2,24,25,27). The van der Waals surface area contributed by atoms with Crippen molar-refractivity contribution in [3.8, 4) is 0 Å². The van der Waals surface area contributed by atoms with Crippen molar-refractivity contribution in [1.29, 1.82) is 0 Å². The first kappa shape index (κ1) is 22.4. The van der Waals surface area contributed by atoms with Gasteiger partial charge in [0.05, 0.1) is 15.6 Å². The van der Waals surface area contributed by atoms with Gasteiger partial charge in [0, 0.05) is 20.9 Å². The molecule has 3 N–H and O–H groups in total. The van der Waals surface area contributed by atoms with Gasteiger partial charge >= 0.3 is 6.03 Å². The van der Waals surface area contributed by atoms with Crippen molar-refractivity contribution in [2.45, 2.75) is 11.8 Å². The van der Waals surface area contributed by atoms with Gasteiger partial charge in [-0.25, -0.2) is 13.2 Å². The van der Waals surface area contributed by atoms with Crippen LogP contribution in [0.5, 0.6) is 0 Å². The third kappa shape index (κ3) is 5.66. The number of rotatable bonds is 5. The van der Waals surface area contributed by atoms with Gasteiger partial charge in [-0.2, -0.15) is 0 Å². The molecule has 0 aliphatic heterocycles. The first-order valence-electron chi connectivity index (χ1n) is 8.56. The van der Waals surface area contributed by atoms with Crippen LogP contribution in [0.25, 0.3) is 0 Å². The maximum absolute atomic E-state index is 12.8. The molecule has 0 aliphatic rings. The van der Waals surface area contributed by atoms with E-state index < -0.39 is 16.1 Å². The van der Waals surface area contributed by atoms with E-state index in [0.717, 1.165) is 4.47 Å². The lowest BCUT2D eigenvalue weighted by Crippen LogP contribution is -2.20. The molecule has 0 spiro atoms. The number of carbonyl (C=O) groups excluding carboxylic acids is 1. The molecule has 0 aliphatic carbocycles. The number of hydrogen-bond donors (Lipinski definition) is 3. The molecule has 0 atom stereocenters. The number of sulfonamides is 1. The predicted octanol–water partition coefficient (Wildman–Crippen LogP) is 6.51. The number of amides is 2. The molecule has 10 heteroatoms. The summed E-state index contributed by atoms with van der Waals surface area (Å²) in [6.45, 7) is 1.67. The van der Waals surface area contributed by atoms with E-state index in [2.05, 4.69) is 31.3 Å². The van der Waals surface area contributed by atoms with Crippen molar-refractivity contribution >= 4 is 72.2 Å². The average Bonchev–Trinajstić information content (AvgIpc) is 2.67. The Morgan fingerprint density at radius 1 is 0.900 bits per heavy atom. The van der Waals surface area contributed by atoms with Gasteiger partial charge in [0.2, 0.25) is 0 Å². The molecule has 30 heavy (non-hydrogen) atoms. The summed E-state index contributed by atoms with van der Waals surface area (Å²) in [7, 11) is -3.88. The molecular weight excluding hydrogens is 513 g/mol. The highest BCUT2D eigenvalue weighted by Crippen LogP contribution is 2.27. The Morgan fingerprint density at radius 2 is 1.57 bits per heavy atom. The highest BCUT2D eigenvalue weighted by Gasteiger charge is 2.18. The van der Waals surface area contributed by atoms with Gasteiger partial charge in [-0.05, 0) is 67.1 Å².